The number of aryl methyl sites for hydroxylation is 1. The zero-order valence-electron chi connectivity index (χ0n) is 18.6. The van der Waals surface area contributed by atoms with Crippen LogP contribution in [0.15, 0.2) is 47.0 Å². The van der Waals surface area contributed by atoms with Crippen molar-refractivity contribution in [2.24, 2.45) is 0 Å². The Morgan fingerprint density at radius 2 is 1.91 bits per heavy atom. The van der Waals surface area contributed by atoms with Gasteiger partial charge in [-0.05, 0) is 48.9 Å². The molecule has 0 aliphatic rings. The Morgan fingerprint density at radius 3 is 2.58 bits per heavy atom. The lowest BCUT2D eigenvalue weighted by atomic mass is 10.1. The average Bonchev–Trinajstić information content (AvgIpc) is 3.27. The SMILES string of the molecule is CCOc1ccc(-c2noc(CCC(=O)N(C)Cc3ccc(OC)c(OC(F)F)c3)n2)cc1. The molecular weight excluding hydrogens is 436 g/mol. The highest BCUT2D eigenvalue weighted by molar-refractivity contribution is 5.76. The van der Waals surface area contributed by atoms with Gasteiger partial charge in [0, 0.05) is 32.0 Å². The fraction of sp³-hybridized carbons (Fsp3) is 0.348. The van der Waals surface area contributed by atoms with Crippen molar-refractivity contribution in [3.8, 4) is 28.6 Å². The normalized spacial score (nSPS) is 10.8. The molecule has 0 fully saturated rings. The fourth-order valence-corrected chi connectivity index (χ4v) is 3.11. The minimum atomic E-state index is -2.98. The molecule has 3 rings (SSSR count). The molecule has 2 aromatic carbocycles. The van der Waals surface area contributed by atoms with Crippen molar-refractivity contribution in [2.75, 3.05) is 20.8 Å². The third-order valence-corrected chi connectivity index (χ3v) is 4.73. The van der Waals surface area contributed by atoms with Crippen LogP contribution in [0.5, 0.6) is 17.2 Å². The lowest BCUT2D eigenvalue weighted by Gasteiger charge is -2.18. The van der Waals surface area contributed by atoms with Crippen LogP contribution in [0, 0.1) is 0 Å². The van der Waals surface area contributed by atoms with Crippen LogP contribution in [0.25, 0.3) is 11.4 Å². The van der Waals surface area contributed by atoms with Crippen LogP contribution in [0.4, 0.5) is 8.78 Å². The molecule has 0 bridgehead atoms. The third kappa shape index (κ3) is 6.64. The molecule has 1 heterocycles. The molecule has 1 amide bonds. The molecule has 0 atom stereocenters. The maximum atomic E-state index is 12.6. The Kier molecular flexibility index (Phi) is 8.17. The molecule has 0 aliphatic heterocycles. The van der Waals surface area contributed by atoms with Gasteiger partial charge in [-0.15, -0.1) is 0 Å². The molecule has 0 spiro atoms. The molecule has 0 aliphatic carbocycles. The number of carbonyl (C=O) groups is 1. The Labute approximate surface area is 190 Å². The number of ether oxygens (including phenoxy) is 3. The lowest BCUT2D eigenvalue weighted by Crippen LogP contribution is -2.26. The molecular formula is C23H25F2N3O5. The molecule has 0 radical (unpaired) electrons. The van der Waals surface area contributed by atoms with E-state index in [1.807, 2.05) is 31.2 Å². The average molecular weight is 461 g/mol. The van der Waals surface area contributed by atoms with Crippen molar-refractivity contribution >= 4 is 5.91 Å². The minimum Gasteiger partial charge on any atom is -0.494 e. The van der Waals surface area contributed by atoms with E-state index in [-0.39, 0.29) is 36.8 Å². The van der Waals surface area contributed by atoms with E-state index < -0.39 is 6.61 Å². The van der Waals surface area contributed by atoms with E-state index in [0.717, 1.165) is 11.3 Å². The number of rotatable bonds is 11. The lowest BCUT2D eigenvalue weighted by molar-refractivity contribution is -0.130. The quantitative estimate of drug-likeness (QED) is 0.420. The van der Waals surface area contributed by atoms with E-state index >= 15 is 0 Å². The van der Waals surface area contributed by atoms with Crippen LogP contribution in [0.1, 0.15) is 24.8 Å². The highest BCUT2D eigenvalue weighted by atomic mass is 19.3. The zero-order valence-corrected chi connectivity index (χ0v) is 18.6. The Bertz CT molecular complexity index is 1060. The standard InChI is InChI=1S/C23H25F2N3O5/c1-4-31-17-8-6-16(7-9-17)22-26-20(33-27-22)11-12-21(29)28(2)14-15-5-10-18(30-3)19(13-15)32-23(24)25/h5-10,13,23H,4,11-12,14H2,1-3H3. The first-order chi connectivity index (χ1) is 15.9. The number of aromatic nitrogens is 2. The summed E-state index contributed by atoms with van der Waals surface area (Å²) in [6, 6.07) is 11.9. The highest BCUT2D eigenvalue weighted by Crippen LogP contribution is 2.30. The van der Waals surface area contributed by atoms with E-state index in [4.69, 9.17) is 14.0 Å². The van der Waals surface area contributed by atoms with Gasteiger partial charge in [-0.3, -0.25) is 4.79 Å². The van der Waals surface area contributed by atoms with Crippen LogP contribution in [-0.4, -0.2) is 48.3 Å². The van der Waals surface area contributed by atoms with Gasteiger partial charge in [-0.25, -0.2) is 0 Å². The summed E-state index contributed by atoms with van der Waals surface area (Å²) in [7, 11) is 2.99. The number of benzene rings is 2. The number of hydrogen-bond donors (Lipinski definition) is 0. The van der Waals surface area contributed by atoms with Crippen molar-refractivity contribution in [2.45, 2.75) is 32.9 Å². The van der Waals surface area contributed by atoms with Crippen molar-refractivity contribution in [3.05, 3.63) is 53.9 Å². The summed E-state index contributed by atoms with van der Waals surface area (Å²) in [5, 5.41) is 3.96. The molecule has 0 N–H and O–H groups in total. The summed E-state index contributed by atoms with van der Waals surface area (Å²) < 4.78 is 45.4. The van der Waals surface area contributed by atoms with Crippen LogP contribution in [0.3, 0.4) is 0 Å². The second-order valence-corrected chi connectivity index (χ2v) is 7.08. The van der Waals surface area contributed by atoms with Crippen LogP contribution < -0.4 is 14.2 Å². The van der Waals surface area contributed by atoms with Gasteiger partial charge in [0.2, 0.25) is 17.6 Å². The van der Waals surface area contributed by atoms with Gasteiger partial charge in [0.15, 0.2) is 11.5 Å². The van der Waals surface area contributed by atoms with E-state index in [9.17, 15) is 13.6 Å². The van der Waals surface area contributed by atoms with Gasteiger partial charge < -0.3 is 23.6 Å². The van der Waals surface area contributed by atoms with Gasteiger partial charge in [0.05, 0.1) is 13.7 Å². The second-order valence-electron chi connectivity index (χ2n) is 7.08. The number of nitrogens with zero attached hydrogens (tertiary/aromatic N) is 3. The second kappa shape index (κ2) is 11.3. The molecule has 10 heteroatoms. The highest BCUT2D eigenvalue weighted by Gasteiger charge is 2.16. The molecule has 1 aromatic heterocycles. The monoisotopic (exact) mass is 461 g/mol. The van der Waals surface area contributed by atoms with E-state index in [1.165, 1.54) is 24.1 Å². The van der Waals surface area contributed by atoms with Crippen LogP contribution >= 0.6 is 0 Å². The van der Waals surface area contributed by atoms with Gasteiger partial charge in [-0.2, -0.15) is 13.8 Å². The van der Waals surface area contributed by atoms with Crippen molar-refractivity contribution in [1.29, 1.82) is 0 Å². The number of hydrogen-bond acceptors (Lipinski definition) is 7. The molecule has 0 saturated heterocycles. The van der Waals surface area contributed by atoms with E-state index in [1.54, 1.807) is 13.1 Å². The first-order valence-electron chi connectivity index (χ1n) is 10.3. The van der Waals surface area contributed by atoms with Crippen molar-refractivity contribution in [3.63, 3.8) is 0 Å². The number of methoxy groups -OCH3 is 1. The first-order valence-corrected chi connectivity index (χ1v) is 10.3. The number of carbonyl (C=O) groups excluding carboxylic acids is 1. The maximum Gasteiger partial charge on any atom is 0.387 e. The molecule has 8 nitrogen and oxygen atoms in total. The number of alkyl halides is 2. The molecule has 33 heavy (non-hydrogen) atoms. The maximum absolute atomic E-state index is 12.6. The largest absolute Gasteiger partial charge is 0.494 e. The summed E-state index contributed by atoms with van der Waals surface area (Å²) in [5.41, 5.74) is 1.40. The number of amides is 1. The molecule has 176 valence electrons. The van der Waals surface area contributed by atoms with Gasteiger partial charge in [0.1, 0.15) is 5.75 Å². The van der Waals surface area contributed by atoms with Crippen LogP contribution in [0.2, 0.25) is 0 Å². The third-order valence-electron chi connectivity index (χ3n) is 4.73. The first kappa shape index (κ1) is 24.0. The summed E-state index contributed by atoms with van der Waals surface area (Å²) in [4.78, 5) is 18.4. The molecule has 3 aromatic rings. The summed E-state index contributed by atoms with van der Waals surface area (Å²) in [5.74, 6) is 1.47. The molecule has 0 unspecified atom stereocenters. The number of halogens is 2. The van der Waals surface area contributed by atoms with Crippen LogP contribution in [-0.2, 0) is 17.8 Å². The van der Waals surface area contributed by atoms with Crippen molar-refractivity contribution in [1.82, 2.24) is 15.0 Å². The Morgan fingerprint density at radius 1 is 1.15 bits per heavy atom. The smallest absolute Gasteiger partial charge is 0.387 e. The Hall–Kier alpha value is -3.69. The molecule has 0 saturated carbocycles. The van der Waals surface area contributed by atoms with Crippen molar-refractivity contribution < 1.29 is 32.3 Å². The van der Waals surface area contributed by atoms with E-state index in [0.29, 0.717) is 23.9 Å². The van der Waals surface area contributed by atoms with Gasteiger partial charge in [0.25, 0.3) is 0 Å². The van der Waals surface area contributed by atoms with Gasteiger partial charge >= 0.3 is 6.61 Å². The predicted molar refractivity (Wildman–Crippen MR) is 115 cm³/mol. The topological polar surface area (TPSA) is 86.9 Å². The summed E-state index contributed by atoms with van der Waals surface area (Å²) >= 11 is 0. The van der Waals surface area contributed by atoms with E-state index in [2.05, 4.69) is 14.9 Å². The zero-order chi connectivity index (χ0) is 23.8. The summed E-state index contributed by atoms with van der Waals surface area (Å²) in [6.45, 7) is -0.273. The summed E-state index contributed by atoms with van der Waals surface area (Å²) in [6.07, 6.45) is 0.424. The predicted octanol–water partition coefficient (Wildman–Crippen LogP) is 4.34. The fourth-order valence-electron chi connectivity index (χ4n) is 3.11. The van der Waals surface area contributed by atoms with Gasteiger partial charge in [-0.1, -0.05) is 11.2 Å². The Balaban J connectivity index is 1.55. The minimum absolute atomic E-state index is 0.0847.